The minimum Gasteiger partial charge on any atom is -0.346 e. The smallest absolute Gasteiger partial charge is 0.292 e. The van der Waals surface area contributed by atoms with Crippen molar-refractivity contribution in [3.05, 3.63) is 94.4 Å². The Hall–Kier alpha value is -3.97. The van der Waals surface area contributed by atoms with E-state index in [9.17, 15) is 22.4 Å². The van der Waals surface area contributed by atoms with Crippen molar-refractivity contribution in [2.45, 2.75) is 37.7 Å². The van der Waals surface area contributed by atoms with Gasteiger partial charge >= 0.3 is 0 Å². The monoisotopic (exact) mass is 617 g/mol. The molecule has 3 atom stereocenters. The van der Waals surface area contributed by atoms with E-state index < -0.39 is 66.4 Å². The standard InChI is InChI=1S/C30H25F6N5OS/c31-17-6-15(7-18(32)10-17)8-24(28-19(2-1-5-38-28)16-3-4-25-23(9-16)39-14-43-25)40-27(42)13-41(37)29-21(12-26(33)34)20-11-22(20)30(29,35)36/h1-7,9-10,14,20,22,24,26H,8,11-13,37H2,(H,40,42)/t20?,22?,24-/m0/s1. The lowest BCUT2D eigenvalue weighted by atomic mass is 9.95. The molecule has 0 radical (unpaired) electrons. The number of amides is 1. The highest BCUT2D eigenvalue weighted by molar-refractivity contribution is 7.16. The molecule has 2 aliphatic carbocycles. The Morgan fingerprint density at radius 2 is 1.86 bits per heavy atom. The van der Waals surface area contributed by atoms with E-state index in [-0.39, 0.29) is 24.0 Å². The number of carbonyl (C=O) groups is 1. The zero-order valence-electron chi connectivity index (χ0n) is 22.4. The number of halogens is 6. The maximum Gasteiger partial charge on any atom is 0.292 e. The molecule has 0 saturated heterocycles. The third kappa shape index (κ3) is 5.83. The number of nitrogens with two attached hydrogens (primary N) is 1. The van der Waals surface area contributed by atoms with Gasteiger partial charge in [0.25, 0.3) is 5.92 Å². The molecule has 2 aromatic carbocycles. The number of allylic oxidation sites excluding steroid dienone is 2. The van der Waals surface area contributed by atoms with Gasteiger partial charge in [0.1, 0.15) is 18.2 Å². The van der Waals surface area contributed by atoms with Crippen LogP contribution in [0.5, 0.6) is 0 Å². The van der Waals surface area contributed by atoms with Gasteiger partial charge in [0.2, 0.25) is 12.3 Å². The second-order valence-corrected chi connectivity index (χ2v) is 11.6. The summed E-state index contributed by atoms with van der Waals surface area (Å²) in [6, 6.07) is 11.0. The second kappa shape index (κ2) is 11.3. The van der Waals surface area contributed by atoms with Crippen molar-refractivity contribution in [3.63, 3.8) is 0 Å². The van der Waals surface area contributed by atoms with E-state index in [0.717, 1.165) is 34.0 Å². The summed E-state index contributed by atoms with van der Waals surface area (Å²) in [7, 11) is 0. The molecular formula is C30H25F6N5OS. The van der Waals surface area contributed by atoms with Gasteiger partial charge in [0.05, 0.1) is 33.2 Å². The highest BCUT2D eigenvalue weighted by atomic mass is 32.1. The fourth-order valence-corrected chi connectivity index (χ4v) is 6.61. The second-order valence-electron chi connectivity index (χ2n) is 10.7. The Balaban J connectivity index is 1.32. The number of thiazole rings is 1. The van der Waals surface area contributed by atoms with Crippen LogP contribution in [0, 0.1) is 23.5 Å². The predicted molar refractivity (Wildman–Crippen MR) is 149 cm³/mol. The summed E-state index contributed by atoms with van der Waals surface area (Å²) in [5, 5.41) is 3.26. The highest BCUT2D eigenvalue weighted by Gasteiger charge is 2.66. The van der Waals surface area contributed by atoms with Gasteiger partial charge in [-0.15, -0.1) is 11.3 Å². The van der Waals surface area contributed by atoms with Crippen LogP contribution in [0.25, 0.3) is 21.3 Å². The Morgan fingerprint density at radius 3 is 2.60 bits per heavy atom. The Labute approximate surface area is 246 Å². The van der Waals surface area contributed by atoms with E-state index in [0.29, 0.717) is 16.3 Å². The van der Waals surface area contributed by atoms with Crippen molar-refractivity contribution in [1.82, 2.24) is 20.3 Å². The lowest BCUT2D eigenvalue weighted by Crippen LogP contribution is -2.46. The van der Waals surface area contributed by atoms with Crippen LogP contribution in [0.2, 0.25) is 0 Å². The Morgan fingerprint density at radius 1 is 1.09 bits per heavy atom. The topological polar surface area (TPSA) is 84.1 Å². The minimum absolute atomic E-state index is 0.0972. The van der Waals surface area contributed by atoms with Crippen molar-refractivity contribution in [3.8, 4) is 11.1 Å². The number of nitrogens with one attached hydrogen (secondary N) is 1. The SMILES string of the molecule is NN(CC(=O)N[C@@H](Cc1cc(F)cc(F)c1)c1ncccc1-c1ccc2scnc2c1)C1=C(CC(F)F)C2CC2C1(F)F. The zero-order chi connectivity index (χ0) is 30.5. The predicted octanol–water partition coefficient (Wildman–Crippen LogP) is 6.41. The highest BCUT2D eigenvalue weighted by Crippen LogP contribution is 2.64. The number of benzene rings is 2. The number of nitrogens with zero attached hydrogens (tertiary/aromatic N) is 3. The average molecular weight is 618 g/mol. The first-order chi connectivity index (χ1) is 20.5. The number of pyridine rings is 1. The maximum atomic E-state index is 15.0. The third-order valence-corrected chi connectivity index (χ3v) is 8.62. The van der Waals surface area contributed by atoms with Crippen LogP contribution >= 0.6 is 11.3 Å². The first-order valence-electron chi connectivity index (χ1n) is 13.5. The van der Waals surface area contributed by atoms with Gasteiger partial charge < -0.3 is 5.32 Å². The van der Waals surface area contributed by atoms with Gasteiger partial charge in [-0.3, -0.25) is 14.8 Å². The van der Waals surface area contributed by atoms with Crippen molar-refractivity contribution in [2.75, 3.05) is 6.54 Å². The maximum absolute atomic E-state index is 15.0. The number of hydrogen-bond donors (Lipinski definition) is 2. The lowest BCUT2D eigenvalue weighted by Gasteiger charge is -2.29. The van der Waals surface area contributed by atoms with Gasteiger partial charge in [-0.25, -0.2) is 28.4 Å². The molecule has 0 aliphatic heterocycles. The molecule has 4 aromatic rings. The molecule has 2 aliphatic rings. The lowest BCUT2D eigenvalue weighted by molar-refractivity contribution is -0.123. The van der Waals surface area contributed by atoms with E-state index >= 15 is 8.78 Å². The molecule has 1 amide bonds. The van der Waals surface area contributed by atoms with Gasteiger partial charge in [0, 0.05) is 30.2 Å². The van der Waals surface area contributed by atoms with E-state index in [1.54, 1.807) is 17.6 Å². The molecule has 43 heavy (non-hydrogen) atoms. The van der Waals surface area contributed by atoms with Crippen molar-refractivity contribution in [2.24, 2.45) is 17.7 Å². The fraction of sp³-hybridized carbons (Fsp3) is 0.300. The summed E-state index contributed by atoms with van der Waals surface area (Å²) in [5.41, 5.74) is 3.46. The van der Waals surface area contributed by atoms with Crippen molar-refractivity contribution < 1.29 is 31.1 Å². The van der Waals surface area contributed by atoms with E-state index in [2.05, 4.69) is 15.3 Å². The molecule has 6 nitrogen and oxygen atoms in total. The quantitative estimate of drug-likeness (QED) is 0.122. The van der Waals surface area contributed by atoms with Crippen molar-refractivity contribution in [1.29, 1.82) is 0 Å². The normalized spacial score (nSPS) is 19.5. The van der Waals surface area contributed by atoms with Crippen LogP contribution in [-0.4, -0.2) is 39.8 Å². The zero-order valence-corrected chi connectivity index (χ0v) is 23.2. The Bertz CT molecular complexity index is 1710. The first-order valence-corrected chi connectivity index (χ1v) is 14.3. The van der Waals surface area contributed by atoms with Gasteiger partial charge in [-0.2, -0.15) is 8.78 Å². The molecule has 2 unspecified atom stereocenters. The summed E-state index contributed by atoms with van der Waals surface area (Å²) in [6.45, 7) is -0.766. The largest absolute Gasteiger partial charge is 0.346 e. The van der Waals surface area contributed by atoms with E-state index in [1.165, 1.54) is 17.5 Å². The fourth-order valence-electron chi connectivity index (χ4n) is 5.96. The van der Waals surface area contributed by atoms with Crippen LogP contribution in [0.3, 0.4) is 0 Å². The van der Waals surface area contributed by atoms with Gasteiger partial charge in [-0.1, -0.05) is 12.1 Å². The molecule has 1 saturated carbocycles. The number of rotatable bonds is 10. The number of hydrogen-bond acceptors (Lipinski definition) is 6. The number of carbonyl (C=O) groups excluding carboxylic acids is 1. The molecule has 2 aromatic heterocycles. The molecular weight excluding hydrogens is 592 g/mol. The summed E-state index contributed by atoms with van der Waals surface area (Å²) in [6.07, 6.45) is -2.21. The number of aromatic nitrogens is 2. The molecule has 6 rings (SSSR count). The van der Waals surface area contributed by atoms with Crippen LogP contribution in [-0.2, 0) is 11.2 Å². The molecule has 1 fully saturated rings. The minimum atomic E-state index is -3.44. The van der Waals surface area contributed by atoms with Crippen LogP contribution in [0.15, 0.2) is 71.5 Å². The molecule has 224 valence electrons. The number of alkyl halides is 4. The summed E-state index contributed by atoms with van der Waals surface area (Å²) >= 11 is 1.47. The summed E-state index contributed by atoms with van der Waals surface area (Å²) in [4.78, 5) is 22.1. The molecule has 2 heterocycles. The summed E-state index contributed by atoms with van der Waals surface area (Å²) < 4.78 is 85.6. The van der Waals surface area contributed by atoms with Crippen molar-refractivity contribution >= 4 is 27.5 Å². The molecule has 13 heteroatoms. The van der Waals surface area contributed by atoms with Gasteiger partial charge in [-0.05, 0) is 65.8 Å². The third-order valence-electron chi connectivity index (χ3n) is 7.81. The molecule has 0 spiro atoms. The number of hydrazine groups is 1. The van der Waals surface area contributed by atoms with Gasteiger partial charge in [0.15, 0.2) is 0 Å². The first kappa shape index (κ1) is 29.1. The van der Waals surface area contributed by atoms with E-state index in [1.807, 2.05) is 18.2 Å². The molecule has 3 N–H and O–H groups in total. The van der Waals surface area contributed by atoms with Crippen LogP contribution in [0.4, 0.5) is 26.3 Å². The average Bonchev–Trinajstić information content (AvgIpc) is 3.56. The number of fused-ring (bicyclic) bond motifs is 2. The Kier molecular flexibility index (Phi) is 7.63. The van der Waals surface area contributed by atoms with E-state index in [4.69, 9.17) is 5.84 Å². The summed E-state index contributed by atoms with van der Waals surface area (Å²) in [5.74, 6) is -1.73. The molecule has 0 bridgehead atoms. The van der Waals surface area contributed by atoms with Crippen LogP contribution in [0.1, 0.15) is 30.1 Å². The van der Waals surface area contributed by atoms with Crippen LogP contribution < -0.4 is 11.2 Å².